The molecule has 0 spiro atoms. The van der Waals surface area contributed by atoms with Gasteiger partial charge in [-0.25, -0.2) is 0 Å². The molecule has 114 valence electrons. The van der Waals surface area contributed by atoms with Crippen molar-refractivity contribution in [1.29, 1.82) is 0 Å². The van der Waals surface area contributed by atoms with E-state index in [4.69, 9.17) is 4.43 Å². The van der Waals surface area contributed by atoms with Crippen LogP contribution in [-0.4, -0.2) is 14.9 Å². The Morgan fingerprint density at radius 3 is 1.79 bits per heavy atom. The summed E-state index contributed by atoms with van der Waals surface area (Å²) in [7, 11) is -1.66. The molecule has 0 saturated heterocycles. The molecule has 0 heterocycles. The average molecular weight is 285 g/mol. The van der Waals surface area contributed by atoms with E-state index in [1.165, 1.54) is 12.8 Å². The fraction of sp³-hybridized carbons (Fsp3) is 0.882. The van der Waals surface area contributed by atoms with Crippen molar-refractivity contribution in [1.82, 2.24) is 0 Å². The van der Waals surface area contributed by atoms with Crippen LogP contribution in [0.4, 0.5) is 0 Å². The van der Waals surface area contributed by atoms with Gasteiger partial charge in [-0.15, -0.1) is 6.58 Å². The number of hydrogen-bond donors (Lipinski definition) is 0. The number of allylic oxidation sites excluding steroid dienone is 1. The lowest BCUT2D eigenvalue weighted by atomic mass is 10.1. The lowest BCUT2D eigenvalue weighted by Gasteiger charge is -2.42. The largest absolute Gasteiger partial charge is 0.416 e. The van der Waals surface area contributed by atoms with Crippen molar-refractivity contribution in [3.8, 4) is 0 Å². The summed E-state index contributed by atoms with van der Waals surface area (Å²) in [6.45, 7) is 21.2. The highest BCUT2D eigenvalue weighted by atomic mass is 28.4. The van der Waals surface area contributed by atoms with E-state index in [0.29, 0.717) is 22.5 Å². The summed E-state index contributed by atoms with van der Waals surface area (Å²) in [5.41, 5.74) is 2.06. The summed E-state index contributed by atoms with van der Waals surface area (Å²) in [4.78, 5) is 0. The van der Waals surface area contributed by atoms with Crippen LogP contribution in [-0.2, 0) is 4.43 Å². The van der Waals surface area contributed by atoms with Gasteiger partial charge in [0.05, 0.1) is 0 Å². The van der Waals surface area contributed by atoms with Crippen molar-refractivity contribution >= 4 is 8.32 Å². The quantitative estimate of drug-likeness (QED) is 0.265. The monoisotopic (exact) mass is 284 g/mol. The predicted octanol–water partition coefficient (Wildman–Crippen LogP) is 6.17. The summed E-state index contributed by atoms with van der Waals surface area (Å²) >= 11 is 0. The van der Waals surface area contributed by atoms with E-state index in [9.17, 15) is 0 Å². The molecule has 0 amide bonds. The van der Waals surface area contributed by atoms with Gasteiger partial charge < -0.3 is 4.43 Å². The molecule has 1 nitrogen and oxygen atoms in total. The van der Waals surface area contributed by atoms with E-state index in [2.05, 4.69) is 55.0 Å². The van der Waals surface area contributed by atoms with Gasteiger partial charge in [0.15, 0.2) is 8.32 Å². The first-order chi connectivity index (χ1) is 8.78. The molecule has 0 bridgehead atoms. The van der Waals surface area contributed by atoms with Crippen LogP contribution < -0.4 is 0 Å². The standard InChI is InChI=1S/C17H36OSi/c1-9-10-11-12-17(8)13-18-19(14(2)3,15(4)5)16(6)7/h9,14-17H,1,10-13H2,2-8H3/t17-/m0/s1. The molecule has 2 heteroatoms. The van der Waals surface area contributed by atoms with Gasteiger partial charge in [0.2, 0.25) is 0 Å². The predicted molar refractivity (Wildman–Crippen MR) is 90.2 cm³/mol. The van der Waals surface area contributed by atoms with Gasteiger partial charge in [-0.1, -0.05) is 54.5 Å². The lowest BCUT2D eigenvalue weighted by Crippen LogP contribution is -2.48. The third-order valence-electron chi connectivity index (χ3n) is 4.43. The molecule has 0 radical (unpaired) electrons. The van der Waals surface area contributed by atoms with Gasteiger partial charge in [-0.05, 0) is 41.8 Å². The maximum Gasteiger partial charge on any atom is 0.200 e. The molecule has 0 N–H and O–H groups in total. The number of rotatable bonds is 10. The molecule has 0 unspecified atom stereocenters. The van der Waals surface area contributed by atoms with E-state index in [0.717, 1.165) is 13.0 Å². The third kappa shape index (κ3) is 5.43. The maximum absolute atomic E-state index is 6.62. The van der Waals surface area contributed by atoms with Crippen molar-refractivity contribution in [2.24, 2.45) is 5.92 Å². The molecule has 0 saturated carbocycles. The summed E-state index contributed by atoms with van der Waals surface area (Å²) in [5, 5.41) is 0. The molecular formula is C17H36OSi. The second-order valence-corrected chi connectivity index (χ2v) is 12.4. The maximum atomic E-state index is 6.62. The van der Waals surface area contributed by atoms with Crippen LogP contribution in [0.3, 0.4) is 0 Å². The van der Waals surface area contributed by atoms with Crippen LogP contribution >= 0.6 is 0 Å². The summed E-state index contributed by atoms with van der Waals surface area (Å²) in [6, 6.07) is 0. The van der Waals surface area contributed by atoms with Crippen molar-refractivity contribution in [3.05, 3.63) is 12.7 Å². The Morgan fingerprint density at radius 1 is 0.947 bits per heavy atom. The molecule has 0 fully saturated rings. The van der Waals surface area contributed by atoms with Crippen molar-refractivity contribution in [2.45, 2.75) is 84.4 Å². The van der Waals surface area contributed by atoms with E-state index in [1.807, 2.05) is 6.08 Å². The molecule has 0 aromatic carbocycles. The molecule has 0 aromatic rings. The molecule has 19 heavy (non-hydrogen) atoms. The first kappa shape index (κ1) is 18.9. The van der Waals surface area contributed by atoms with Crippen LogP contribution in [0.15, 0.2) is 12.7 Å². The lowest BCUT2D eigenvalue weighted by molar-refractivity contribution is 0.222. The first-order valence-corrected chi connectivity index (χ1v) is 10.2. The van der Waals surface area contributed by atoms with Crippen molar-refractivity contribution in [2.75, 3.05) is 6.61 Å². The zero-order valence-electron chi connectivity index (χ0n) is 14.3. The van der Waals surface area contributed by atoms with Crippen molar-refractivity contribution < 1.29 is 4.43 Å². The SMILES string of the molecule is C=CCCC[C@H](C)CO[Si](C(C)C)(C(C)C)C(C)C. The molecule has 0 aliphatic rings. The summed E-state index contributed by atoms with van der Waals surface area (Å²) < 4.78 is 6.62. The second-order valence-electron chi connectivity index (χ2n) is 6.95. The van der Waals surface area contributed by atoms with E-state index < -0.39 is 8.32 Å². The minimum atomic E-state index is -1.66. The van der Waals surface area contributed by atoms with Crippen LogP contribution in [0.5, 0.6) is 0 Å². The van der Waals surface area contributed by atoms with Gasteiger partial charge in [-0.3, -0.25) is 0 Å². The Kier molecular flexibility index (Phi) is 8.92. The van der Waals surface area contributed by atoms with Gasteiger partial charge in [0.25, 0.3) is 0 Å². The van der Waals surface area contributed by atoms with Gasteiger partial charge in [0, 0.05) is 6.61 Å². The Bertz CT molecular complexity index is 224. The molecule has 0 aromatic heterocycles. The zero-order chi connectivity index (χ0) is 15.1. The molecule has 0 aliphatic carbocycles. The van der Waals surface area contributed by atoms with Crippen LogP contribution in [0.1, 0.15) is 67.7 Å². The smallest absolute Gasteiger partial charge is 0.200 e. The third-order valence-corrected chi connectivity index (χ3v) is 10.5. The summed E-state index contributed by atoms with van der Waals surface area (Å²) in [5.74, 6) is 0.670. The molecule has 1 atom stereocenters. The minimum absolute atomic E-state index is 0.670. The number of unbranched alkanes of at least 4 members (excludes halogenated alkanes) is 1. The fourth-order valence-electron chi connectivity index (χ4n) is 3.48. The highest BCUT2D eigenvalue weighted by Gasteiger charge is 2.45. The van der Waals surface area contributed by atoms with Crippen LogP contribution in [0, 0.1) is 5.92 Å². The molecular weight excluding hydrogens is 248 g/mol. The Labute approximate surface area is 123 Å². The first-order valence-electron chi connectivity index (χ1n) is 8.03. The van der Waals surface area contributed by atoms with Gasteiger partial charge >= 0.3 is 0 Å². The number of hydrogen-bond acceptors (Lipinski definition) is 1. The highest BCUT2D eigenvalue weighted by molar-refractivity contribution is 6.77. The van der Waals surface area contributed by atoms with E-state index in [-0.39, 0.29) is 0 Å². The average Bonchev–Trinajstić information content (AvgIpc) is 2.28. The normalized spacial score (nSPS) is 14.4. The topological polar surface area (TPSA) is 9.23 Å². The molecule has 0 aliphatic heterocycles. The Hall–Kier alpha value is -0.0831. The van der Waals surface area contributed by atoms with Gasteiger partial charge in [0.1, 0.15) is 0 Å². The van der Waals surface area contributed by atoms with E-state index >= 15 is 0 Å². The van der Waals surface area contributed by atoms with E-state index in [1.54, 1.807) is 0 Å². The van der Waals surface area contributed by atoms with Gasteiger partial charge in [-0.2, -0.15) is 0 Å². The Morgan fingerprint density at radius 2 is 1.42 bits per heavy atom. The second kappa shape index (κ2) is 8.96. The Balaban J connectivity index is 4.54. The minimum Gasteiger partial charge on any atom is -0.416 e. The highest BCUT2D eigenvalue weighted by Crippen LogP contribution is 2.42. The van der Waals surface area contributed by atoms with Crippen molar-refractivity contribution in [3.63, 3.8) is 0 Å². The van der Waals surface area contributed by atoms with Crippen LogP contribution in [0.2, 0.25) is 16.6 Å². The molecule has 0 rings (SSSR count). The fourth-order valence-corrected chi connectivity index (χ4v) is 9.05. The zero-order valence-corrected chi connectivity index (χ0v) is 15.3. The van der Waals surface area contributed by atoms with Crippen LogP contribution in [0.25, 0.3) is 0 Å². The summed E-state index contributed by atoms with van der Waals surface area (Å²) in [6.07, 6.45) is 5.65.